The van der Waals surface area contributed by atoms with Gasteiger partial charge in [0.1, 0.15) is 0 Å². The van der Waals surface area contributed by atoms with Crippen LogP contribution in [0.15, 0.2) is 11.6 Å². The highest BCUT2D eigenvalue weighted by atomic mass is 15.1. The summed E-state index contributed by atoms with van der Waals surface area (Å²) in [5, 5.41) is 0. The number of nitrogens with zero attached hydrogens (tertiary/aromatic N) is 1. The van der Waals surface area contributed by atoms with Gasteiger partial charge in [-0.15, -0.1) is 0 Å². The Morgan fingerprint density at radius 1 is 1.78 bits per heavy atom. The van der Waals surface area contributed by atoms with Crippen molar-refractivity contribution < 1.29 is 0 Å². The van der Waals surface area contributed by atoms with Crippen LogP contribution in [0.25, 0.3) is 0 Å². The van der Waals surface area contributed by atoms with E-state index in [1.165, 1.54) is 5.57 Å². The standard InChI is InChI=1S/C7H14N2/c1-2-9-4-3-7(5-8)6-9/h3H,2,4-6,8H2,1H3. The summed E-state index contributed by atoms with van der Waals surface area (Å²) in [6, 6.07) is 0. The van der Waals surface area contributed by atoms with Gasteiger partial charge >= 0.3 is 0 Å². The molecule has 9 heavy (non-hydrogen) atoms. The van der Waals surface area contributed by atoms with Crippen LogP contribution in [0.3, 0.4) is 0 Å². The summed E-state index contributed by atoms with van der Waals surface area (Å²) in [6.07, 6.45) is 2.23. The molecule has 2 heteroatoms. The maximum Gasteiger partial charge on any atom is 0.0209 e. The van der Waals surface area contributed by atoms with Gasteiger partial charge in [0.2, 0.25) is 0 Å². The molecule has 0 fully saturated rings. The largest absolute Gasteiger partial charge is 0.327 e. The Hall–Kier alpha value is -0.340. The lowest BCUT2D eigenvalue weighted by Gasteiger charge is -2.10. The van der Waals surface area contributed by atoms with Crippen molar-refractivity contribution >= 4 is 0 Å². The fourth-order valence-corrected chi connectivity index (χ4v) is 1.06. The van der Waals surface area contributed by atoms with E-state index >= 15 is 0 Å². The van der Waals surface area contributed by atoms with Crippen LogP contribution < -0.4 is 5.73 Å². The summed E-state index contributed by atoms with van der Waals surface area (Å²) in [5.74, 6) is 0. The van der Waals surface area contributed by atoms with E-state index in [9.17, 15) is 0 Å². The third kappa shape index (κ3) is 1.53. The molecule has 0 aromatic heterocycles. The van der Waals surface area contributed by atoms with Crippen molar-refractivity contribution in [2.75, 3.05) is 26.2 Å². The van der Waals surface area contributed by atoms with Crippen molar-refractivity contribution in [1.82, 2.24) is 4.90 Å². The van der Waals surface area contributed by atoms with Crippen LogP contribution in [0, 0.1) is 0 Å². The van der Waals surface area contributed by atoms with Crippen LogP contribution in [0.1, 0.15) is 6.92 Å². The summed E-state index contributed by atoms with van der Waals surface area (Å²) in [5.41, 5.74) is 6.84. The van der Waals surface area contributed by atoms with E-state index in [-0.39, 0.29) is 0 Å². The van der Waals surface area contributed by atoms with Crippen molar-refractivity contribution in [3.05, 3.63) is 11.6 Å². The van der Waals surface area contributed by atoms with Crippen LogP contribution >= 0.6 is 0 Å². The third-order valence-corrected chi connectivity index (χ3v) is 1.77. The minimum Gasteiger partial charge on any atom is -0.327 e. The zero-order valence-corrected chi connectivity index (χ0v) is 5.93. The molecule has 0 unspecified atom stereocenters. The van der Waals surface area contributed by atoms with E-state index < -0.39 is 0 Å². The number of hydrogen-bond acceptors (Lipinski definition) is 2. The molecule has 52 valence electrons. The Morgan fingerprint density at radius 2 is 2.56 bits per heavy atom. The lowest BCUT2D eigenvalue weighted by Crippen LogP contribution is -2.21. The molecule has 1 aliphatic rings. The molecule has 1 aliphatic heterocycles. The maximum absolute atomic E-state index is 5.46. The predicted molar refractivity (Wildman–Crippen MR) is 39.3 cm³/mol. The summed E-state index contributed by atoms with van der Waals surface area (Å²) in [6.45, 7) is 6.24. The molecule has 0 aliphatic carbocycles. The van der Waals surface area contributed by atoms with Gasteiger partial charge in [0.15, 0.2) is 0 Å². The molecular weight excluding hydrogens is 112 g/mol. The molecular formula is C7H14N2. The smallest absolute Gasteiger partial charge is 0.0209 e. The molecule has 2 nitrogen and oxygen atoms in total. The minimum atomic E-state index is 0.733. The molecule has 1 rings (SSSR count). The van der Waals surface area contributed by atoms with E-state index in [1.807, 2.05) is 0 Å². The average Bonchev–Trinajstić information content (AvgIpc) is 2.34. The fraction of sp³-hybridized carbons (Fsp3) is 0.714. The Bertz CT molecular complexity index is 118. The van der Waals surface area contributed by atoms with E-state index in [2.05, 4.69) is 17.9 Å². The second-order valence-electron chi connectivity index (χ2n) is 2.39. The first-order valence-electron chi connectivity index (χ1n) is 3.47. The van der Waals surface area contributed by atoms with Gasteiger partial charge in [-0.2, -0.15) is 0 Å². The van der Waals surface area contributed by atoms with Gasteiger partial charge in [0, 0.05) is 19.6 Å². The Labute approximate surface area is 56.3 Å². The number of likely N-dealkylation sites (N-methyl/N-ethyl adjacent to an activating group) is 1. The molecule has 0 saturated carbocycles. The number of hydrogen-bond donors (Lipinski definition) is 1. The minimum absolute atomic E-state index is 0.733. The van der Waals surface area contributed by atoms with Crippen molar-refractivity contribution in [3.63, 3.8) is 0 Å². The van der Waals surface area contributed by atoms with E-state index in [0.717, 1.165) is 26.2 Å². The van der Waals surface area contributed by atoms with Crippen LogP contribution in [-0.4, -0.2) is 31.1 Å². The highest BCUT2D eigenvalue weighted by Crippen LogP contribution is 2.05. The van der Waals surface area contributed by atoms with Crippen LogP contribution in [-0.2, 0) is 0 Å². The summed E-state index contributed by atoms with van der Waals surface area (Å²) >= 11 is 0. The number of nitrogens with two attached hydrogens (primary N) is 1. The molecule has 0 amide bonds. The SMILES string of the molecule is CCN1CC=C(CN)C1. The van der Waals surface area contributed by atoms with Crippen molar-refractivity contribution in [1.29, 1.82) is 0 Å². The maximum atomic E-state index is 5.46. The first-order chi connectivity index (χ1) is 4.36. The van der Waals surface area contributed by atoms with Crippen molar-refractivity contribution in [2.45, 2.75) is 6.92 Å². The van der Waals surface area contributed by atoms with Crippen molar-refractivity contribution in [2.24, 2.45) is 5.73 Å². The van der Waals surface area contributed by atoms with Gasteiger partial charge in [0.05, 0.1) is 0 Å². The second-order valence-corrected chi connectivity index (χ2v) is 2.39. The van der Waals surface area contributed by atoms with Gasteiger partial charge in [-0.3, -0.25) is 4.90 Å². The Morgan fingerprint density at radius 3 is 2.89 bits per heavy atom. The van der Waals surface area contributed by atoms with Gasteiger partial charge in [-0.1, -0.05) is 13.0 Å². The van der Waals surface area contributed by atoms with E-state index in [4.69, 9.17) is 5.73 Å². The molecule has 0 atom stereocenters. The normalized spacial score (nSPS) is 20.4. The topological polar surface area (TPSA) is 29.3 Å². The third-order valence-electron chi connectivity index (χ3n) is 1.77. The molecule has 0 saturated heterocycles. The van der Waals surface area contributed by atoms with E-state index in [1.54, 1.807) is 0 Å². The fourth-order valence-electron chi connectivity index (χ4n) is 1.06. The molecule has 0 aromatic carbocycles. The quantitative estimate of drug-likeness (QED) is 0.536. The molecule has 0 radical (unpaired) electrons. The highest BCUT2D eigenvalue weighted by molar-refractivity contribution is 5.12. The average molecular weight is 126 g/mol. The summed E-state index contributed by atoms with van der Waals surface area (Å²) in [7, 11) is 0. The Balaban J connectivity index is 2.31. The van der Waals surface area contributed by atoms with Gasteiger partial charge in [-0.05, 0) is 12.1 Å². The van der Waals surface area contributed by atoms with Crippen LogP contribution in [0.5, 0.6) is 0 Å². The second kappa shape index (κ2) is 2.99. The molecule has 0 bridgehead atoms. The van der Waals surface area contributed by atoms with E-state index in [0.29, 0.717) is 0 Å². The zero-order chi connectivity index (χ0) is 6.69. The summed E-state index contributed by atoms with van der Waals surface area (Å²) < 4.78 is 0. The first kappa shape index (κ1) is 6.78. The van der Waals surface area contributed by atoms with Crippen molar-refractivity contribution in [3.8, 4) is 0 Å². The first-order valence-corrected chi connectivity index (χ1v) is 3.47. The predicted octanol–water partition coefficient (Wildman–Crippen LogP) is 0.207. The Kier molecular flexibility index (Phi) is 2.25. The zero-order valence-electron chi connectivity index (χ0n) is 5.93. The molecule has 0 aromatic rings. The summed E-state index contributed by atoms with van der Waals surface area (Å²) in [4.78, 5) is 2.36. The molecule has 2 N–H and O–H groups in total. The lowest BCUT2D eigenvalue weighted by atomic mass is 10.3. The van der Waals surface area contributed by atoms with Gasteiger partial charge < -0.3 is 5.73 Å². The van der Waals surface area contributed by atoms with Crippen LogP contribution in [0.2, 0.25) is 0 Å². The van der Waals surface area contributed by atoms with Crippen LogP contribution in [0.4, 0.5) is 0 Å². The molecule has 0 spiro atoms. The highest BCUT2D eigenvalue weighted by Gasteiger charge is 2.09. The van der Waals surface area contributed by atoms with Gasteiger partial charge in [-0.25, -0.2) is 0 Å². The molecule has 1 heterocycles. The lowest BCUT2D eigenvalue weighted by molar-refractivity contribution is 0.368. The monoisotopic (exact) mass is 126 g/mol. The number of rotatable bonds is 2. The van der Waals surface area contributed by atoms with Gasteiger partial charge in [0.25, 0.3) is 0 Å².